The molecule has 0 atom stereocenters. The van der Waals surface area contributed by atoms with Crippen molar-refractivity contribution in [2.45, 2.75) is 57.5 Å². The summed E-state index contributed by atoms with van der Waals surface area (Å²) in [6.45, 7) is 4.36. The lowest BCUT2D eigenvalue weighted by Crippen LogP contribution is -2.37. The van der Waals surface area contributed by atoms with Crippen LogP contribution in [0.4, 0.5) is 0 Å². The van der Waals surface area contributed by atoms with Crippen molar-refractivity contribution < 1.29 is 19.1 Å². The van der Waals surface area contributed by atoms with Gasteiger partial charge in [0.15, 0.2) is 23.1 Å². The van der Waals surface area contributed by atoms with Gasteiger partial charge in [-0.25, -0.2) is 0 Å². The van der Waals surface area contributed by atoms with Crippen molar-refractivity contribution in [2.24, 2.45) is 0 Å². The van der Waals surface area contributed by atoms with E-state index in [2.05, 4.69) is 17.5 Å². The Hall–Kier alpha value is -3.60. The Kier molecular flexibility index (Phi) is 6.82. The largest absolute Gasteiger partial charge is 0.493 e. The molecule has 5 rings (SSSR count). The number of ketones is 2. The lowest BCUT2D eigenvalue weighted by atomic mass is 9.71. The molecule has 0 saturated heterocycles. The minimum Gasteiger partial charge on any atom is -0.493 e. The van der Waals surface area contributed by atoms with E-state index in [1.807, 2.05) is 49.5 Å². The van der Waals surface area contributed by atoms with Crippen LogP contribution in [0.15, 0.2) is 77.7 Å². The number of ether oxygens (including phenoxy) is 2. The molecule has 2 aliphatic carbocycles. The highest BCUT2D eigenvalue weighted by Crippen LogP contribution is 2.50. The number of hydrogen-bond donors (Lipinski definition) is 0. The molecule has 0 fully saturated rings. The molecule has 5 nitrogen and oxygen atoms in total. The molecular weight excluding hydrogens is 450 g/mol. The standard InChI is InChI=1S/C31H33NO4/c1-4-10-21-17-22(18-27(35-3)31(21)36-19-20-11-6-5-7-12-20)28-29-23(13-8-15-25(29)33)32(2)24-14-9-16-26(34)30(24)28/h4-7,11-12,17-18,28H,1,8-10,13-16,19H2,2-3H3. The van der Waals surface area contributed by atoms with Crippen LogP contribution in [0.3, 0.4) is 0 Å². The van der Waals surface area contributed by atoms with Crippen LogP contribution in [-0.4, -0.2) is 30.6 Å². The van der Waals surface area contributed by atoms with Crippen LogP contribution in [0.2, 0.25) is 0 Å². The van der Waals surface area contributed by atoms with E-state index < -0.39 is 0 Å². The number of Topliss-reactive ketones (excluding diaryl/α,β-unsaturated/α-hetero) is 2. The van der Waals surface area contributed by atoms with E-state index in [0.29, 0.717) is 37.4 Å². The Morgan fingerprint density at radius 2 is 1.61 bits per heavy atom. The van der Waals surface area contributed by atoms with Crippen LogP contribution in [0.1, 0.15) is 61.1 Å². The van der Waals surface area contributed by atoms with Crippen LogP contribution in [0, 0.1) is 0 Å². The van der Waals surface area contributed by atoms with Crippen molar-refractivity contribution in [2.75, 3.05) is 14.2 Å². The molecule has 5 heteroatoms. The Bertz CT molecular complexity index is 1230. The predicted octanol–water partition coefficient (Wildman–Crippen LogP) is 6.05. The van der Waals surface area contributed by atoms with Gasteiger partial charge in [0.25, 0.3) is 0 Å². The first-order valence-electron chi connectivity index (χ1n) is 12.8. The highest BCUT2D eigenvalue weighted by atomic mass is 16.5. The van der Waals surface area contributed by atoms with Crippen LogP contribution in [0.5, 0.6) is 11.5 Å². The van der Waals surface area contributed by atoms with Crippen molar-refractivity contribution in [3.63, 3.8) is 0 Å². The quantitative estimate of drug-likeness (QED) is 0.449. The zero-order valence-electron chi connectivity index (χ0n) is 21.1. The fraction of sp³-hybridized carbons (Fsp3) is 0.355. The number of nitrogens with zero attached hydrogens (tertiary/aromatic N) is 1. The minimum atomic E-state index is -0.368. The van der Waals surface area contributed by atoms with Crippen LogP contribution in [0.25, 0.3) is 0 Å². The van der Waals surface area contributed by atoms with Gasteiger partial charge in [0.2, 0.25) is 0 Å². The average molecular weight is 484 g/mol. The zero-order valence-corrected chi connectivity index (χ0v) is 21.1. The van der Waals surface area contributed by atoms with E-state index >= 15 is 0 Å². The second kappa shape index (κ2) is 10.2. The third-order valence-electron chi connectivity index (χ3n) is 7.54. The summed E-state index contributed by atoms with van der Waals surface area (Å²) in [4.78, 5) is 28.8. The second-order valence-corrected chi connectivity index (χ2v) is 9.74. The summed E-state index contributed by atoms with van der Waals surface area (Å²) in [6.07, 6.45) is 6.88. The van der Waals surface area contributed by atoms with Gasteiger partial charge in [0.1, 0.15) is 6.61 Å². The molecule has 1 heterocycles. The molecule has 186 valence electrons. The molecule has 0 bridgehead atoms. The summed E-state index contributed by atoms with van der Waals surface area (Å²) >= 11 is 0. The normalized spacial score (nSPS) is 18.2. The molecule has 0 amide bonds. The highest BCUT2D eigenvalue weighted by molar-refractivity contribution is 6.06. The summed E-state index contributed by atoms with van der Waals surface area (Å²) < 4.78 is 12.1. The number of benzene rings is 2. The lowest BCUT2D eigenvalue weighted by Gasteiger charge is -2.42. The number of carbonyl (C=O) groups is 2. The van der Waals surface area contributed by atoms with Gasteiger partial charge in [0.05, 0.1) is 7.11 Å². The smallest absolute Gasteiger partial charge is 0.165 e. The van der Waals surface area contributed by atoms with Crippen molar-refractivity contribution in [3.8, 4) is 11.5 Å². The Balaban J connectivity index is 1.64. The number of rotatable bonds is 7. The third kappa shape index (κ3) is 4.27. The molecule has 3 aliphatic rings. The first-order valence-corrected chi connectivity index (χ1v) is 12.8. The molecule has 0 radical (unpaired) electrons. The van der Waals surface area contributed by atoms with E-state index in [-0.39, 0.29) is 17.5 Å². The predicted molar refractivity (Wildman–Crippen MR) is 140 cm³/mol. The zero-order chi connectivity index (χ0) is 25.2. The van der Waals surface area contributed by atoms with E-state index in [1.54, 1.807) is 7.11 Å². The SMILES string of the molecule is C=CCc1cc(C2C3=C(CCCC3=O)N(C)C3=C2C(=O)CCC3)cc(OC)c1OCc1ccccc1. The highest BCUT2D eigenvalue weighted by Gasteiger charge is 2.42. The summed E-state index contributed by atoms with van der Waals surface area (Å²) in [5, 5.41) is 0. The van der Waals surface area contributed by atoms with E-state index in [4.69, 9.17) is 9.47 Å². The van der Waals surface area contributed by atoms with E-state index in [0.717, 1.165) is 64.9 Å². The topological polar surface area (TPSA) is 55.8 Å². The Morgan fingerprint density at radius 3 is 2.19 bits per heavy atom. The Labute approximate surface area is 213 Å². The molecule has 36 heavy (non-hydrogen) atoms. The average Bonchev–Trinajstić information content (AvgIpc) is 2.89. The fourth-order valence-corrected chi connectivity index (χ4v) is 5.89. The molecule has 2 aromatic carbocycles. The molecule has 0 N–H and O–H groups in total. The van der Waals surface area contributed by atoms with Gasteiger partial charge in [0, 0.05) is 53.9 Å². The number of methoxy groups -OCH3 is 1. The maximum Gasteiger partial charge on any atom is 0.165 e. The fourth-order valence-electron chi connectivity index (χ4n) is 5.89. The second-order valence-electron chi connectivity index (χ2n) is 9.74. The third-order valence-corrected chi connectivity index (χ3v) is 7.54. The molecule has 0 saturated carbocycles. The van der Waals surface area contributed by atoms with Crippen molar-refractivity contribution in [1.29, 1.82) is 0 Å². The van der Waals surface area contributed by atoms with Gasteiger partial charge in [-0.05, 0) is 49.3 Å². The Morgan fingerprint density at radius 1 is 0.972 bits per heavy atom. The number of allylic oxidation sites excluding steroid dienone is 5. The van der Waals surface area contributed by atoms with E-state index in [1.165, 1.54) is 0 Å². The lowest BCUT2D eigenvalue weighted by molar-refractivity contribution is -0.117. The number of carbonyl (C=O) groups excluding carboxylic acids is 2. The summed E-state index contributed by atoms with van der Waals surface area (Å²) in [5.41, 5.74) is 6.61. The van der Waals surface area contributed by atoms with Gasteiger partial charge in [-0.15, -0.1) is 6.58 Å². The summed E-state index contributed by atoms with van der Waals surface area (Å²) in [7, 11) is 3.65. The van der Waals surface area contributed by atoms with Crippen molar-refractivity contribution in [1.82, 2.24) is 4.90 Å². The molecular formula is C31H33NO4. The van der Waals surface area contributed by atoms with Crippen LogP contribution < -0.4 is 9.47 Å². The van der Waals surface area contributed by atoms with E-state index in [9.17, 15) is 9.59 Å². The molecule has 2 aromatic rings. The maximum absolute atomic E-state index is 13.3. The minimum absolute atomic E-state index is 0.145. The number of hydrogen-bond acceptors (Lipinski definition) is 5. The molecule has 1 aliphatic heterocycles. The van der Waals surface area contributed by atoms with Crippen molar-refractivity contribution >= 4 is 11.6 Å². The van der Waals surface area contributed by atoms with Crippen molar-refractivity contribution in [3.05, 3.63) is 94.4 Å². The monoisotopic (exact) mass is 483 g/mol. The van der Waals surface area contributed by atoms with Crippen LogP contribution in [-0.2, 0) is 22.6 Å². The van der Waals surface area contributed by atoms with Gasteiger partial charge >= 0.3 is 0 Å². The summed E-state index contributed by atoms with van der Waals surface area (Å²) in [6, 6.07) is 14.1. The van der Waals surface area contributed by atoms with Gasteiger partial charge in [-0.3, -0.25) is 9.59 Å². The van der Waals surface area contributed by atoms with Gasteiger partial charge in [-0.2, -0.15) is 0 Å². The molecule has 0 aromatic heterocycles. The maximum atomic E-state index is 13.3. The molecule has 0 unspecified atom stereocenters. The summed E-state index contributed by atoms with van der Waals surface area (Å²) in [5.74, 6) is 1.20. The van der Waals surface area contributed by atoms with Gasteiger partial charge < -0.3 is 14.4 Å². The molecule has 0 spiro atoms. The van der Waals surface area contributed by atoms with Crippen LogP contribution >= 0.6 is 0 Å². The first kappa shape index (κ1) is 24.1. The van der Waals surface area contributed by atoms with Gasteiger partial charge in [-0.1, -0.05) is 42.5 Å². The first-order chi connectivity index (χ1) is 17.5.